The lowest BCUT2D eigenvalue weighted by Crippen LogP contribution is -2.60. The summed E-state index contributed by atoms with van der Waals surface area (Å²) in [7, 11) is 0. The average Bonchev–Trinajstić information content (AvgIpc) is 3.25. The van der Waals surface area contributed by atoms with Gasteiger partial charge >= 0.3 is 0 Å². The smallest absolute Gasteiger partial charge is 0.298 e. The Balaban J connectivity index is 1.18. The number of hydrogen-bond donors (Lipinski definition) is 1. The third kappa shape index (κ3) is 4.25. The Bertz CT molecular complexity index is 1230. The number of amides is 1. The van der Waals surface area contributed by atoms with Gasteiger partial charge in [0.1, 0.15) is 12.4 Å². The minimum atomic E-state index is -0.0655. The molecule has 0 spiro atoms. The molecular weight excluding hydrogens is 456 g/mol. The first kappa shape index (κ1) is 23.1. The van der Waals surface area contributed by atoms with Crippen LogP contribution in [0.3, 0.4) is 0 Å². The van der Waals surface area contributed by atoms with E-state index in [-0.39, 0.29) is 5.91 Å². The van der Waals surface area contributed by atoms with Gasteiger partial charge in [0.05, 0.1) is 30.2 Å². The predicted molar refractivity (Wildman–Crippen MR) is 137 cm³/mol. The second-order valence-corrected chi connectivity index (χ2v) is 9.90. The summed E-state index contributed by atoms with van der Waals surface area (Å²) in [6.45, 7) is 10.9. The summed E-state index contributed by atoms with van der Waals surface area (Å²) in [6.07, 6.45) is 2.92. The van der Waals surface area contributed by atoms with Gasteiger partial charge in [0.25, 0.3) is 5.91 Å². The van der Waals surface area contributed by atoms with E-state index in [2.05, 4.69) is 44.1 Å². The standard InChI is InChI=1S/C27H32N6O3/c1-3-4-25(34)33-15-20(16-33)32-8-6-19(14-32)22-13-23-26(18(2)29-22)36-17-21-24(5-7-28-27(21)30-23)31-9-11-35-12-10-31/h5,7,13,19-20H,6,8-12,14-17H2,1-2H3,(H,28,30). The summed E-state index contributed by atoms with van der Waals surface area (Å²) in [5.41, 5.74) is 5.13. The van der Waals surface area contributed by atoms with Gasteiger partial charge in [-0.05, 0) is 44.9 Å². The van der Waals surface area contributed by atoms with Gasteiger partial charge < -0.3 is 24.6 Å². The number of rotatable bonds is 3. The largest absolute Gasteiger partial charge is 0.485 e. The Morgan fingerprint density at radius 2 is 2.03 bits per heavy atom. The molecule has 6 rings (SSSR count). The fourth-order valence-corrected chi connectivity index (χ4v) is 5.67. The molecule has 3 fully saturated rings. The predicted octanol–water partition coefficient (Wildman–Crippen LogP) is 2.28. The van der Waals surface area contributed by atoms with E-state index in [4.69, 9.17) is 14.5 Å². The number of nitrogens with zero attached hydrogens (tertiary/aromatic N) is 5. The SMILES string of the molecule is CC#CC(=O)N1CC(N2CCC(c3cc4c(c(C)n3)OCc3c(N5CCOCC5)ccnc3N4)C2)C1. The molecule has 0 saturated carbocycles. The van der Waals surface area contributed by atoms with Crippen molar-refractivity contribution in [1.82, 2.24) is 19.8 Å². The molecule has 4 aliphatic rings. The average molecular weight is 489 g/mol. The van der Waals surface area contributed by atoms with Crippen LogP contribution in [0.5, 0.6) is 5.75 Å². The van der Waals surface area contributed by atoms with Gasteiger partial charge in [0.15, 0.2) is 5.75 Å². The van der Waals surface area contributed by atoms with Crippen molar-refractivity contribution in [3.8, 4) is 17.6 Å². The van der Waals surface area contributed by atoms with E-state index >= 15 is 0 Å². The third-order valence-electron chi connectivity index (χ3n) is 7.69. The lowest BCUT2D eigenvalue weighted by molar-refractivity contribution is -0.131. The molecule has 2 aromatic rings. The lowest BCUT2D eigenvalue weighted by atomic mass is 10.0. The van der Waals surface area contributed by atoms with Crippen molar-refractivity contribution in [2.45, 2.75) is 38.8 Å². The van der Waals surface area contributed by atoms with E-state index in [9.17, 15) is 4.79 Å². The van der Waals surface area contributed by atoms with Crippen molar-refractivity contribution in [2.75, 3.05) is 62.7 Å². The fourth-order valence-electron chi connectivity index (χ4n) is 5.67. The van der Waals surface area contributed by atoms with Crippen molar-refractivity contribution in [1.29, 1.82) is 0 Å². The number of likely N-dealkylation sites (tertiary alicyclic amines) is 2. The van der Waals surface area contributed by atoms with E-state index in [1.165, 1.54) is 0 Å². The van der Waals surface area contributed by atoms with Crippen LogP contribution in [0.1, 0.15) is 36.2 Å². The Morgan fingerprint density at radius 3 is 2.83 bits per heavy atom. The number of morpholine rings is 1. The number of carbonyl (C=O) groups is 1. The van der Waals surface area contributed by atoms with Gasteiger partial charge in [-0.3, -0.25) is 14.7 Å². The van der Waals surface area contributed by atoms with Crippen molar-refractivity contribution in [3.63, 3.8) is 0 Å². The maximum Gasteiger partial charge on any atom is 0.298 e. The number of aryl methyl sites for hydroxylation is 1. The fraction of sp³-hybridized carbons (Fsp3) is 0.519. The molecule has 3 saturated heterocycles. The summed E-state index contributed by atoms with van der Waals surface area (Å²) in [4.78, 5) is 28.3. The zero-order valence-corrected chi connectivity index (χ0v) is 20.9. The molecule has 0 aliphatic carbocycles. The first-order valence-electron chi connectivity index (χ1n) is 12.8. The maximum atomic E-state index is 12.0. The molecule has 0 aromatic carbocycles. The Labute approximate surface area is 211 Å². The molecule has 0 radical (unpaired) electrons. The molecule has 0 bridgehead atoms. The molecule has 36 heavy (non-hydrogen) atoms. The van der Waals surface area contributed by atoms with E-state index < -0.39 is 0 Å². The number of carbonyl (C=O) groups excluding carboxylic acids is 1. The van der Waals surface area contributed by atoms with E-state index in [1.54, 1.807) is 6.92 Å². The summed E-state index contributed by atoms with van der Waals surface area (Å²) in [6, 6.07) is 4.62. The quantitative estimate of drug-likeness (QED) is 0.659. The number of anilines is 3. The van der Waals surface area contributed by atoms with Gasteiger partial charge in [0.2, 0.25) is 0 Å². The number of pyridine rings is 2. The minimum absolute atomic E-state index is 0.0655. The molecule has 1 atom stereocenters. The highest BCUT2D eigenvalue weighted by Crippen LogP contribution is 2.40. The second-order valence-electron chi connectivity index (χ2n) is 9.90. The molecule has 1 N–H and O–H groups in total. The highest BCUT2D eigenvalue weighted by atomic mass is 16.5. The van der Waals surface area contributed by atoms with Crippen LogP contribution in [0.2, 0.25) is 0 Å². The zero-order valence-electron chi connectivity index (χ0n) is 20.9. The number of nitrogens with one attached hydrogen (secondary N) is 1. The molecule has 1 unspecified atom stereocenters. The molecule has 188 valence electrons. The topological polar surface area (TPSA) is 83.1 Å². The Morgan fingerprint density at radius 1 is 1.19 bits per heavy atom. The Hall–Kier alpha value is -3.35. The van der Waals surface area contributed by atoms with Crippen molar-refractivity contribution in [3.05, 3.63) is 35.3 Å². The third-order valence-corrected chi connectivity index (χ3v) is 7.69. The van der Waals surface area contributed by atoms with Gasteiger partial charge in [-0.2, -0.15) is 0 Å². The van der Waals surface area contributed by atoms with Crippen molar-refractivity contribution < 1.29 is 14.3 Å². The summed E-state index contributed by atoms with van der Waals surface area (Å²) >= 11 is 0. The van der Waals surface area contributed by atoms with Crippen LogP contribution in [-0.4, -0.2) is 84.2 Å². The normalized spacial score (nSPS) is 21.8. The van der Waals surface area contributed by atoms with Crippen molar-refractivity contribution in [2.24, 2.45) is 0 Å². The molecular formula is C27H32N6O3. The van der Waals surface area contributed by atoms with Crippen LogP contribution in [0.4, 0.5) is 17.2 Å². The maximum absolute atomic E-state index is 12.0. The molecule has 4 aliphatic heterocycles. The lowest BCUT2D eigenvalue weighted by Gasteiger charge is -2.43. The minimum Gasteiger partial charge on any atom is -0.485 e. The second kappa shape index (κ2) is 9.60. The van der Waals surface area contributed by atoms with Crippen LogP contribution in [0, 0.1) is 18.8 Å². The molecule has 9 heteroatoms. The van der Waals surface area contributed by atoms with E-state index in [0.29, 0.717) is 18.6 Å². The number of fused-ring (bicyclic) bond motifs is 2. The van der Waals surface area contributed by atoms with Gasteiger partial charge in [-0.25, -0.2) is 4.98 Å². The van der Waals surface area contributed by atoms with Gasteiger partial charge in [-0.15, -0.1) is 0 Å². The first-order chi connectivity index (χ1) is 17.6. The highest BCUT2D eigenvalue weighted by Gasteiger charge is 2.38. The van der Waals surface area contributed by atoms with Crippen LogP contribution >= 0.6 is 0 Å². The number of ether oxygens (including phenoxy) is 2. The monoisotopic (exact) mass is 488 g/mol. The first-order valence-corrected chi connectivity index (χ1v) is 12.8. The summed E-state index contributed by atoms with van der Waals surface area (Å²) < 4.78 is 11.9. The molecule has 1 amide bonds. The summed E-state index contributed by atoms with van der Waals surface area (Å²) in [5, 5.41) is 3.57. The molecule has 9 nitrogen and oxygen atoms in total. The highest BCUT2D eigenvalue weighted by molar-refractivity contribution is 5.94. The summed E-state index contributed by atoms with van der Waals surface area (Å²) in [5.74, 6) is 7.27. The number of hydrogen-bond acceptors (Lipinski definition) is 8. The number of aromatic nitrogens is 2. The molecule has 2 aromatic heterocycles. The zero-order chi connectivity index (χ0) is 24.6. The van der Waals surface area contributed by atoms with Crippen LogP contribution in [0.15, 0.2) is 18.3 Å². The van der Waals surface area contributed by atoms with Crippen LogP contribution in [0.25, 0.3) is 0 Å². The van der Waals surface area contributed by atoms with Crippen LogP contribution in [-0.2, 0) is 16.1 Å². The Kier molecular flexibility index (Phi) is 6.15. The van der Waals surface area contributed by atoms with Crippen molar-refractivity contribution >= 4 is 23.1 Å². The molecule has 6 heterocycles. The van der Waals surface area contributed by atoms with E-state index in [1.807, 2.05) is 18.0 Å². The van der Waals surface area contributed by atoms with Gasteiger partial charge in [-0.1, -0.05) is 5.92 Å². The van der Waals surface area contributed by atoms with E-state index in [0.717, 1.165) is 98.8 Å². The van der Waals surface area contributed by atoms with Crippen LogP contribution < -0.4 is 15.0 Å². The van der Waals surface area contributed by atoms with Gasteiger partial charge in [0, 0.05) is 62.3 Å².